The van der Waals surface area contributed by atoms with E-state index in [1.807, 2.05) is 33.9 Å². The fourth-order valence-electron chi connectivity index (χ4n) is 4.82. The van der Waals surface area contributed by atoms with Crippen molar-refractivity contribution >= 4 is 17.6 Å². The van der Waals surface area contributed by atoms with Crippen LogP contribution in [-0.4, -0.2) is 70.4 Å². The Kier molecular flexibility index (Phi) is 8.08. The molecule has 1 saturated heterocycles. The minimum atomic E-state index is 0.0822. The average molecular weight is 494 g/mol. The van der Waals surface area contributed by atoms with Crippen molar-refractivity contribution in [3.63, 3.8) is 0 Å². The molecule has 2 aromatic rings. The average Bonchev–Trinajstić information content (AvgIpc) is 3.14. The highest BCUT2D eigenvalue weighted by Crippen LogP contribution is 2.37. The molecule has 36 heavy (non-hydrogen) atoms. The zero-order chi connectivity index (χ0) is 25.8. The van der Waals surface area contributed by atoms with E-state index in [0.717, 1.165) is 43.1 Å². The highest BCUT2D eigenvalue weighted by molar-refractivity contribution is 6.04. The minimum Gasteiger partial charge on any atom is -0.491 e. The number of fused-ring (bicyclic) bond motifs is 3. The molecule has 9 nitrogen and oxygen atoms in total. The molecule has 2 aliphatic heterocycles. The number of aromatic nitrogens is 2. The van der Waals surface area contributed by atoms with Crippen LogP contribution in [0.25, 0.3) is 11.4 Å². The summed E-state index contributed by atoms with van der Waals surface area (Å²) in [6.45, 7) is 13.3. The third-order valence-electron chi connectivity index (χ3n) is 6.38. The summed E-state index contributed by atoms with van der Waals surface area (Å²) in [4.78, 5) is 28.3. The summed E-state index contributed by atoms with van der Waals surface area (Å²) in [7, 11) is 0. The van der Waals surface area contributed by atoms with E-state index in [4.69, 9.17) is 15.5 Å². The van der Waals surface area contributed by atoms with E-state index >= 15 is 0 Å². The Morgan fingerprint density at radius 1 is 1.22 bits per heavy atom. The van der Waals surface area contributed by atoms with Crippen LogP contribution in [0.3, 0.4) is 0 Å². The second-order valence-corrected chi connectivity index (χ2v) is 10.3. The standard InChI is InChI=1S/C27H39N7O2/c1-17(2)29-25(35)16-33-10-8-20(9-11-33)21-6-7-22-24(14-21)36-13-12-34-15-23(32-27(22)34)26(30-18(3)4)31-19(5)28/h6-7,14-15,17-18,20H,8-13,16H2,1-5H3,(H,29,35)(H2,28,30,31). The fraction of sp³-hybridized carbons (Fsp3) is 0.556. The van der Waals surface area contributed by atoms with Gasteiger partial charge in [0, 0.05) is 18.3 Å². The first-order chi connectivity index (χ1) is 17.2. The molecule has 0 unspecified atom stereocenters. The number of aliphatic imine (C=N–C) groups is 2. The number of piperidine rings is 1. The number of amides is 1. The molecule has 0 saturated carbocycles. The Hall–Kier alpha value is -3.20. The van der Waals surface area contributed by atoms with Crippen LogP contribution in [0.5, 0.6) is 5.75 Å². The molecule has 1 aromatic heterocycles. The van der Waals surface area contributed by atoms with E-state index in [-0.39, 0.29) is 18.0 Å². The predicted molar refractivity (Wildman–Crippen MR) is 144 cm³/mol. The largest absolute Gasteiger partial charge is 0.491 e. The van der Waals surface area contributed by atoms with Gasteiger partial charge in [0.1, 0.15) is 23.9 Å². The number of amidine groups is 2. The summed E-state index contributed by atoms with van der Waals surface area (Å²) in [5.74, 6) is 3.29. The van der Waals surface area contributed by atoms with Gasteiger partial charge in [-0.05, 0) is 84.2 Å². The van der Waals surface area contributed by atoms with Gasteiger partial charge in [-0.3, -0.25) is 14.7 Å². The van der Waals surface area contributed by atoms with Gasteiger partial charge in [0.15, 0.2) is 5.84 Å². The van der Waals surface area contributed by atoms with Gasteiger partial charge in [-0.1, -0.05) is 6.07 Å². The van der Waals surface area contributed by atoms with Crippen LogP contribution < -0.4 is 15.8 Å². The third kappa shape index (κ3) is 6.32. The van der Waals surface area contributed by atoms with E-state index in [1.165, 1.54) is 5.56 Å². The van der Waals surface area contributed by atoms with Crippen LogP contribution in [-0.2, 0) is 11.3 Å². The first-order valence-corrected chi connectivity index (χ1v) is 12.9. The lowest BCUT2D eigenvalue weighted by molar-refractivity contribution is -0.123. The number of carbonyl (C=O) groups is 1. The summed E-state index contributed by atoms with van der Waals surface area (Å²) in [5, 5.41) is 2.98. The SMILES string of the molecule is CC(N)=NC(=NC(C)C)c1cn2c(n1)-c1ccc(C3CCN(CC(=O)NC(C)C)CC3)cc1OCC2. The van der Waals surface area contributed by atoms with Crippen molar-refractivity contribution in [2.24, 2.45) is 15.7 Å². The fourth-order valence-corrected chi connectivity index (χ4v) is 4.82. The van der Waals surface area contributed by atoms with Crippen molar-refractivity contribution < 1.29 is 9.53 Å². The maximum Gasteiger partial charge on any atom is 0.234 e. The Bertz CT molecular complexity index is 1140. The first-order valence-electron chi connectivity index (χ1n) is 12.9. The summed E-state index contributed by atoms with van der Waals surface area (Å²) < 4.78 is 8.27. The van der Waals surface area contributed by atoms with E-state index in [2.05, 4.69) is 43.0 Å². The number of hydrogen-bond acceptors (Lipinski definition) is 5. The van der Waals surface area contributed by atoms with Crippen molar-refractivity contribution in [2.45, 2.75) is 72.0 Å². The molecule has 194 valence electrons. The zero-order valence-electron chi connectivity index (χ0n) is 22.1. The van der Waals surface area contributed by atoms with Crippen LogP contribution in [0.1, 0.15) is 64.6 Å². The molecule has 2 aliphatic rings. The maximum absolute atomic E-state index is 12.1. The number of imidazole rings is 1. The van der Waals surface area contributed by atoms with Crippen molar-refractivity contribution in [3.05, 3.63) is 35.7 Å². The second kappa shape index (κ2) is 11.2. The maximum atomic E-state index is 12.1. The Morgan fingerprint density at radius 3 is 2.64 bits per heavy atom. The van der Waals surface area contributed by atoms with Crippen molar-refractivity contribution in [2.75, 3.05) is 26.2 Å². The lowest BCUT2D eigenvalue weighted by Crippen LogP contribution is -2.43. The van der Waals surface area contributed by atoms with Gasteiger partial charge in [0.2, 0.25) is 5.91 Å². The van der Waals surface area contributed by atoms with E-state index in [0.29, 0.717) is 43.0 Å². The van der Waals surface area contributed by atoms with Crippen LogP contribution >= 0.6 is 0 Å². The molecular weight excluding hydrogens is 454 g/mol. The van der Waals surface area contributed by atoms with Crippen LogP contribution in [0, 0.1) is 0 Å². The number of rotatable bonds is 6. The third-order valence-corrected chi connectivity index (χ3v) is 6.38. The van der Waals surface area contributed by atoms with Crippen molar-refractivity contribution in [3.8, 4) is 17.1 Å². The smallest absolute Gasteiger partial charge is 0.234 e. The number of nitrogens with one attached hydrogen (secondary N) is 1. The molecule has 1 fully saturated rings. The monoisotopic (exact) mass is 493 g/mol. The van der Waals surface area contributed by atoms with Crippen LogP contribution in [0.2, 0.25) is 0 Å². The Morgan fingerprint density at radius 2 is 1.97 bits per heavy atom. The highest BCUT2D eigenvalue weighted by Gasteiger charge is 2.25. The van der Waals surface area contributed by atoms with Gasteiger partial charge in [-0.15, -0.1) is 0 Å². The minimum absolute atomic E-state index is 0.0822. The number of ether oxygens (including phenoxy) is 1. The molecule has 3 N–H and O–H groups in total. The molecule has 4 rings (SSSR count). The van der Waals surface area contributed by atoms with Crippen molar-refractivity contribution in [1.82, 2.24) is 19.8 Å². The van der Waals surface area contributed by atoms with Gasteiger partial charge < -0.3 is 20.4 Å². The predicted octanol–water partition coefficient (Wildman–Crippen LogP) is 3.18. The van der Waals surface area contributed by atoms with E-state index < -0.39 is 0 Å². The summed E-state index contributed by atoms with van der Waals surface area (Å²) in [6.07, 6.45) is 4.04. The molecule has 0 atom stereocenters. The number of benzene rings is 1. The van der Waals surface area contributed by atoms with Crippen LogP contribution in [0.4, 0.5) is 0 Å². The Balaban J connectivity index is 1.51. The topological polar surface area (TPSA) is 110 Å². The summed E-state index contributed by atoms with van der Waals surface area (Å²) in [6, 6.07) is 6.75. The number of nitrogens with two attached hydrogens (primary N) is 1. The molecule has 1 amide bonds. The van der Waals surface area contributed by atoms with Gasteiger partial charge in [0.05, 0.1) is 24.5 Å². The van der Waals surface area contributed by atoms with Gasteiger partial charge in [-0.25, -0.2) is 9.98 Å². The molecule has 0 bridgehead atoms. The summed E-state index contributed by atoms with van der Waals surface area (Å²) in [5.41, 5.74) is 8.84. The lowest BCUT2D eigenvalue weighted by Gasteiger charge is -2.32. The normalized spacial score (nSPS) is 17.5. The molecule has 9 heteroatoms. The van der Waals surface area contributed by atoms with Crippen LogP contribution in [0.15, 0.2) is 34.4 Å². The summed E-state index contributed by atoms with van der Waals surface area (Å²) >= 11 is 0. The molecule has 0 radical (unpaired) electrons. The van der Waals surface area contributed by atoms with Gasteiger partial charge in [0.25, 0.3) is 0 Å². The van der Waals surface area contributed by atoms with E-state index in [9.17, 15) is 4.79 Å². The number of hydrogen-bond donors (Lipinski definition) is 2. The van der Waals surface area contributed by atoms with E-state index in [1.54, 1.807) is 6.92 Å². The number of nitrogens with zero attached hydrogens (tertiary/aromatic N) is 5. The van der Waals surface area contributed by atoms with Gasteiger partial charge >= 0.3 is 0 Å². The molecule has 3 heterocycles. The molecular formula is C27H39N7O2. The molecule has 0 aliphatic carbocycles. The molecule has 1 aromatic carbocycles. The zero-order valence-corrected chi connectivity index (χ0v) is 22.1. The molecule has 0 spiro atoms. The number of likely N-dealkylation sites (tertiary alicyclic amines) is 1. The van der Waals surface area contributed by atoms with Gasteiger partial charge in [-0.2, -0.15) is 0 Å². The Labute approximate surface area is 213 Å². The second-order valence-electron chi connectivity index (χ2n) is 10.3. The highest BCUT2D eigenvalue weighted by atomic mass is 16.5. The quantitative estimate of drug-likeness (QED) is 0.474. The van der Waals surface area contributed by atoms with Crippen molar-refractivity contribution in [1.29, 1.82) is 0 Å². The lowest BCUT2D eigenvalue weighted by atomic mass is 9.88. The first kappa shape index (κ1) is 25.9. The number of carbonyl (C=O) groups excluding carboxylic acids is 1.